The number of benzene rings is 2. The van der Waals surface area contributed by atoms with Crippen LogP contribution in [0, 0.1) is 5.82 Å². The summed E-state index contributed by atoms with van der Waals surface area (Å²) in [4.78, 5) is 20.4. The van der Waals surface area contributed by atoms with E-state index < -0.39 is 5.91 Å². The molecule has 2 aromatic carbocycles. The Kier molecular flexibility index (Phi) is 5.38. The summed E-state index contributed by atoms with van der Waals surface area (Å²) in [5, 5.41) is 5.72. The van der Waals surface area contributed by atoms with Crippen molar-refractivity contribution in [1.29, 1.82) is 0 Å². The number of amides is 1. The van der Waals surface area contributed by atoms with Crippen LogP contribution in [0.5, 0.6) is 5.75 Å². The molecule has 1 heterocycles. The fourth-order valence-corrected chi connectivity index (χ4v) is 2.19. The van der Waals surface area contributed by atoms with Crippen LogP contribution in [0.4, 0.5) is 21.6 Å². The number of rotatable bonds is 6. The second-order valence-electron chi connectivity index (χ2n) is 5.33. The topological polar surface area (TPSA) is 76.1 Å². The van der Waals surface area contributed by atoms with Gasteiger partial charge in [-0.15, -0.1) is 0 Å². The van der Waals surface area contributed by atoms with E-state index in [2.05, 4.69) is 20.6 Å². The van der Waals surface area contributed by atoms with Crippen molar-refractivity contribution in [3.05, 3.63) is 72.4 Å². The fourth-order valence-electron chi connectivity index (χ4n) is 2.19. The first kappa shape index (κ1) is 17.3. The van der Waals surface area contributed by atoms with Crippen molar-refractivity contribution in [2.24, 2.45) is 0 Å². The van der Waals surface area contributed by atoms with Crippen LogP contribution < -0.4 is 15.4 Å². The molecule has 0 aliphatic carbocycles. The van der Waals surface area contributed by atoms with Crippen molar-refractivity contribution >= 4 is 23.1 Å². The molecule has 2 N–H and O–H groups in total. The van der Waals surface area contributed by atoms with E-state index in [9.17, 15) is 9.18 Å². The molecule has 0 saturated carbocycles. The number of nitrogens with one attached hydrogen (secondary N) is 2. The van der Waals surface area contributed by atoms with Gasteiger partial charge in [0, 0.05) is 11.4 Å². The minimum atomic E-state index is -0.420. The first-order valence-corrected chi connectivity index (χ1v) is 8.03. The van der Waals surface area contributed by atoms with Gasteiger partial charge in [-0.3, -0.25) is 4.79 Å². The zero-order chi connectivity index (χ0) is 18.4. The van der Waals surface area contributed by atoms with Crippen LogP contribution in [0.3, 0.4) is 0 Å². The number of halogens is 1. The van der Waals surface area contributed by atoms with Crippen LogP contribution in [0.15, 0.2) is 60.9 Å². The van der Waals surface area contributed by atoms with Crippen LogP contribution in [0.25, 0.3) is 0 Å². The molecule has 6 nitrogen and oxygen atoms in total. The Balaban J connectivity index is 1.62. The maximum atomic E-state index is 12.9. The van der Waals surface area contributed by atoms with E-state index in [0.29, 0.717) is 18.1 Å². The zero-order valence-corrected chi connectivity index (χ0v) is 14.1. The summed E-state index contributed by atoms with van der Waals surface area (Å²) in [6.07, 6.45) is 2.84. The average Bonchev–Trinajstić information content (AvgIpc) is 2.66. The lowest BCUT2D eigenvalue weighted by atomic mass is 10.3. The van der Waals surface area contributed by atoms with Gasteiger partial charge in [0.05, 0.1) is 19.0 Å². The molecule has 1 amide bonds. The standard InChI is InChI=1S/C19H17FN4O2/c1-2-26-16-9-7-14(8-10-16)23-18-12-21-17(11-22-18)19(25)24-15-5-3-13(20)4-6-15/h3-12H,2H2,1H3,(H,22,23)(H,24,25). The van der Waals surface area contributed by atoms with Gasteiger partial charge >= 0.3 is 0 Å². The number of carbonyl (C=O) groups excluding carboxylic acids is 1. The summed E-state index contributed by atoms with van der Waals surface area (Å²) in [7, 11) is 0. The number of ether oxygens (including phenoxy) is 1. The zero-order valence-electron chi connectivity index (χ0n) is 14.1. The van der Waals surface area contributed by atoms with Gasteiger partial charge in [-0.25, -0.2) is 14.4 Å². The molecule has 7 heteroatoms. The number of hydrogen-bond donors (Lipinski definition) is 2. The van der Waals surface area contributed by atoms with E-state index in [0.717, 1.165) is 11.4 Å². The second-order valence-corrected chi connectivity index (χ2v) is 5.33. The lowest BCUT2D eigenvalue weighted by molar-refractivity contribution is 0.102. The van der Waals surface area contributed by atoms with E-state index >= 15 is 0 Å². The molecule has 0 aliphatic rings. The molecule has 26 heavy (non-hydrogen) atoms. The Labute approximate surface area is 150 Å². The number of anilines is 3. The van der Waals surface area contributed by atoms with Gasteiger partial charge in [0.25, 0.3) is 5.91 Å². The number of aromatic nitrogens is 2. The predicted molar refractivity (Wildman–Crippen MR) is 97.3 cm³/mol. The van der Waals surface area contributed by atoms with Gasteiger partial charge in [-0.1, -0.05) is 0 Å². The largest absolute Gasteiger partial charge is 0.494 e. The van der Waals surface area contributed by atoms with E-state index in [-0.39, 0.29) is 11.5 Å². The molecule has 1 aromatic heterocycles. The summed E-state index contributed by atoms with van der Waals surface area (Å²) in [5.41, 5.74) is 1.47. The smallest absolute Gasteiger partial charge is 0.275 e. The summed E-state index contributed by atoms with van der Waals surface area (Å²) in [6, 6.07) is 12.9. The quantitative estimate of drug-likeness (QED) is 0.701. The summed E-state index contributed by atoms with van der Waals surface area (Å²) >= 11 is 0. The molecule has 0 atom stereocenters. The highest BCUT2D eigenvalue weighted by molar-refractivity contribution is 6.02. The van der Waals surface area contributed by atoms with Crippen LogP contribution in [-0.4, -0.2) is 22.5 Å². The van der Waals surface area contributed by atoms with Crippen molar-refractivity contribution < 1.29 is 13.9 Å². The Hall–Kier alpha value is -3.48. The Morgan fingerprint density at radius 1 is 1.00 bits per heavy atom. The molecule has 0 unspecified atom stereocenters. The number of hydrogen-bond acceptors (Lipinski definition) is 5. The van der Waals surface area contributed by atoms with Gasteiger partial charge in [0.15, 0.2) is 0 Å². The SMILES string of the molecule is CCOc1ccc(Nc2cnc(C(=O)Nc3ccc(F)cc3)cn2)cc1. The highest BCUT2D eigenvalue weighted by Gasteiger charge is 2.09. The van der Waals surface area contributed by atoms with E-state index in [1.54, 1.807) is 0 Å². The van der Waals surface area contributed by atoms with Crippen molar-refractivity contribution in [3.8, 4) is 5.75 Å². The maximum Gasteiger partial charge on any atom is 0.275 e. The van der Waals surface area contributed by atoms with Crippen molar-refractivity contribution in [2.75, 3.05) is 17.2 Å². The molecule has 0 fully saturated rings. The molecule has 3 rings (SSSR count). The number of carbonyl (C=O) groups is 1. The molecule has 3 aromatic rings. The third-order valence-corrected chi connectivity index (χ3v) is 3.42. The van der Waals surface area contributed by atoms with E-state index in [4.69, 9.17) is 4.74 Å². The Morgan fingerprint density at radius 3 is 2.31 bits per heavy atom. The first-order valence-electron chi connectivity index (χ1n) is 8.03. The van der Waals surface area contributed by atoms with Gasteiger partial charge in [-0.05, 0) is 55.5 Å². The number of nitrogens with zero attached hydrogens (tertiary/aromatic N) is 2. The summed E-state index contributed by atoms with van der Waals surface area (Å²) in [5.74, 6) is 0.508. The predicted octanol–water partition coefficient (Wildman–Crippen LogP) is 4.01. The van der Waals surface area contributed by atoms with E-state index in [1.807, 2.05) is 31.2 Å². The average molecular weight is 352 g/mol. The molecule has 0 bridgehead atoms. The first-order chi connectivity index (χ1) is 12.6. The monoisotopic (exact) mass is 352 g/mol. The Bertz CT molecular complexity index is 866. The van der Waals surface area contributed by atoms with Crippen LogP contribution in [0.1, 0.15) is 17.4 Å². The van der Waals surface area contributed by atoms with Gasteiger partial charge in [-0.2, -0.15) is 0 Å². The fraction of sp³-hybridized carbons (Fsp3) is 0.105. The highest BCUT2D eigenvalue weighted by Crippen LogP contribution is 2.18. The second kappa shape index (κ2) is 8.06. The minimum absolute atomic E-state index is 0.159. The Morgan fingerprint density at radius 2 is 1.69 bits per heavy atom. The third-order valence-electron chi connectivity index (χ3n) is 3.42. The molecule has 0 saturated heterocycles. The van der Waals surface area contributed by atoms with Gasteiger partial charge < -0.3 is 15.4 Å². The molecule has 0 aliphatic heterocycles. The van der Waals surface area contributed by atoms with Crippen molar-refractivity contribution in [1.82, 2.24) is 9.97 Å². The molecular weight excluding hydrogens is 335 g/mol. The normalized spacial score (nSPS) is 10.2. The van der Waals surface area contributed by atoms with Crippen molar-refractivity contribution in [3.63, 3.8) is 0 Å². The molecule has 132 valence electrons. The minimum Gasteiger partial charge on any atom is -0.494 e. The lowest BCUT2D eigenvalue weighted by Crippen LogP contribution is -2.14. The summed E-state index contributed by atoms with van der Waals surface area (Å²) < 4.78 is 18.3. The van der Waals surface area contributed by atoms with E-state index in [1.165, 1.54) is 36.7 Å². The molecule has 0 spiro atoms. The molecule has 0 radical (unpaired) electrons. The highest BCUT2D eigenvalue weighted by atomic mass is 19.1. The van der Waals surface area contributed by atoms with Gasteiger partial charge in [0.2, 0.25) is 0 Å². The van der Waals surface area contributed by atoms with Crippen LogP contribution >= 0.6 is 0 Å². The van der Waals surface area contributed by atoms with Gasteiger partial charge in [0.1, 0.15) is 23.1 Å². The molecular formula is C19H17FN4O2. The lowest BCUT2D eigenvalue weighted by Gasteiger charge is -2.08. The summed E-state index contributed by atoms with van der Waals surface area (Å²) in [6.45, 7) is 2.54. The van der Waals surface area contributed by atoms with Crippen LogP contribution in [-0.2, 0) is 0 Å². The van der Waals surface area contributed by atoms with Crippen LogP contribution in [0.2, 0.25) is 0 Å². The maximum absolute atomic E-state index is 12.9. The third kappa shape index (κ3) is 4.54. The van der Waals surface area contributed by atoms with Crippen molar-refractivity contribution in [2.45, 2.75) is 6.92 Å².